The summed E-state index contributed by atoms with van der Waals surface area (Å²) < 4.78 is 5.00. The largest absolute Gasteiger partial charge is 0.477 e. The van der Waals surface area contributed by atoms with Gasteiger partial charge in [0.15, 0.2) is 0 Å². The number of rotatable bonds is 2. The topological polar surface area (TPSA) is 67.5 Å². The molecule has 4 nitrogen and oxygen atoms in total. The number of carboxylic acid groups (broad SMARTS) is 1. The zero-order valence-electron chi connectivity index (χ0n) is 9.14. The van der Waals surface area contributed by atoms with Crippen molar-refractivity contribution in [2.75, 3.05) is 0 Å². The maximum atomic E-state index is 11.5. The lowest BCUT2D eigenvalue weighted by Crippen LogP contribution is -2.15. The maximum absolute atomic E-state index is 11.5. The van der Waals surface area contributed by atoms with Gasteiger partial charge < -0.3 is 9.52 Å². The van der Waals surface area contributed by atoms with Crippen LogP contribution >= 0.6 is 0 Å². The number of benzene rings is 1. The molecule has 2 rings (SSSR count). The third-order valence-electron chi connectivity index (χ3n) is 2.42. The lowest BCUT2D eigenvalue weighted by atomic mass is 10.1. The van der Waals surface area contributed by atoms with Gasteiger partial charge in [-0.15, -0.1) is 0 Å². The Hall–Kier alpha value is -2.36. The molecule has 4 heteroatoms. The van der Waals surface area contributed by atoms with Gasteiger partial charge in [0.05, 0.1) is 0 Å². The van der Waals surface area contributed by atoms with E-state index in [0.29, 0.717) is 11.3 Å². The van der Waals surface area contributed by atoms with Crippen LogP contribution in [0.25, 0.3) is 11.3 Å². The van der Waals surface area contributed by atoms with Crippen LogP contribution in [0, 0.1) is 6.92 Å². The zero-order chi connectivity index (χ0) is 12.4. The van der Waals surface area contributed by atoms with Gasteiger partial charge in [-0.1, -0.05) is 30.3 Å². The van der Waals surface area contributed by atoms with Gasteiger partial charge in [0.1, 0.15) is 11.3 Å². The summed E-state index contributed by atoms with van der Waals surface area (Å²) in [5, 5.41) is 8.85. The Morgan fingerprint density at radius 3 is 2.41 bits per heavy atom. The van der Waals surface area contributed by atoms with Crippen LogP contribution in [0.4, 0.5) is 0 Å². The molecule has 0 atom stereocenters. The van der Waals surface area contributed by atoms with Crippen LogP contribution in [0.15, 0.2) is 45.6 Å². The molecule has 17 heavy (non-hydrogen) atoms. The summed E-state index contributed by atoms with van der Waals surface area (Å²) in [5.41, 5.74) is -0.00160. The highest BCUT2D eigenvalue weighted by molar-refractivity contribution is 5.89. The minimum absolute atomic E-state index is 0.315. The first-order valence-corrected chi connectivity index (χ1v) is 5.03. The van der Waals surface area contributed by atoms with Gasteiger partial charge in [-0.05, 0) is 18.6 Å². The van der Waals surface area contributed by atoms with Crippen molar-refractivity contribution < 1.29 is 14.3 Å². The molecule has 0 radical (unpaired) electrons. The summed E-state index contributed by atoms with van der Waals surface area (Å²) in [6.07, 6.45) is 0. The van der Waals surface area contributed by atoms with Gasteiger partial charge in [-0.3, -0.25) is 0 Å². The predicted molar refractivity (Wildman–Crippen MR) is 62.1 cm³/mol. The van der Waals surface area contributed by atoms with Crippen molar-refractivity contribution in [3.05, 3.63) is 57.9 Å². The van der Waals surface area contributed by atoms with E-state index in [9.17, 15) is 9.59 Å². The van der Waals surface area contributed by atoms with E-state index >= 15 is 0 Å². The predicted octanol–water partition coefficient (Wildman–Crippen LogP) is 2.31. The maximum Gasteiger partial charge on any atom is 0.351 e. The molecular formula is C13H10O4. The van der Waals surface area contributed by atoms with Gasteiger partial charge in [0.2, 0.25) is 0 Å². The lowest BCUT2D eigenvalue weighted by molar-refractivity contribution is 0.0691. The highest BCUT2D eigenvalue weighted by Crippen LogP contribution is 2.19. The summed E-state index contributed by atoms with van der Waals surface area (Å²) >= 11 is 0. The van der Waals surface area contributed by atoms with Gasteiger partial charge >= 0.3 is 11.6 Å². The average Bonchev–Trinajstić information content (AvgIpc) is 2.28. The first kappa shape index (κ1) is 11.1. The zero-order valence-corrected chi connectivity index (χ0v) is 9.14. The van der Waals surface area contributed by atoms with Crippen LogP contribution in [0.2, 0.25) is 0 Å². The molecule has 0 fully saturated rings. The second-order valence-corrected chi connectivity index (χ2v) is 3.63. The molecule has 0 saturated heterocycles. The van der Waals surface area contributed by atoms with Gasteiger partial charge in [-0.2, -0.15) is 0 Å². The van der Waals surface area contributed by atoms with Gasteiger partial charge in [0, 0.05) is 5.56 Å². The SMILES string of the molecule is Cc1cc(-c2ccccc2)oc(=O)c1C(=O)O. The van der Waals surface area contributed by atoms with Crippen LogP contribution in [-0.2, 0) is 0 Å². The Morgan fingerprint density at radius 1 is 1.24 bits per heavy atom. The highest BCUT2D eigenvalue weighted by Gasteiger charge is 2.15. The number of carboxylic acids is 1. The number of hydrogen-bond acceptors (Lipinski definition) is 3. The average molecular weight is 230 g/mol. The first-order chi connectivity index (χ1) is 8.09. The normalized spacial score (nSPS) is 10.2. The molecule has 0 spiro atoms. The molecule has 0 unspecified atom stereocenters. The number of carbonyl (C=O) groups is 1. The Kier molecular flexibility index (Phi) is 2.78. The first-order valence-electron chi connectivity index (χ1n) is 5.03. The van der Waals surface area contributed by atoms with E-state index < -0.39 is 11.6 Å². The van der Waals surface area contributed by atoms with E-state index in [4.69, 9.17) is 9.52 Å². The second-order valence-electron chi connectivity index (χ2n) is 3.63. The van der Waals surface area contributed by atoms with E-state index in [1.54, 1.807) is 25.1 Å². The highest BCUT2D eigenvalue weighted by atomic mass is 16.4. The van der Waals surface area contributed by atoms with Crippen LogP contribution < -0.4 is 5.63 Å². The van der Waals surface area contributed by atoms with Crippen molar-refractivity contribution in [2.24, 2.45) is 0 Å². The molecule has 1 heterocycles. The molecule has 0 saturated carbocycles. The molecule has 86 valence electrons. The van der Waals surface area contributed by atoms with Crippen LogP contribution in [-0.4, -0.2) is 11.1 Å². The Morgan fingerprint density at radius 2 is 1.88 bits per heavy atom. The summed E-state index contributed by atoms with van der Waals surface area (Å²) in [4.78, 5) is 22.4. The van der Waals surface area contributed by atoms with E-state index in [-0.39, 0.29) is 5.56 Å². The second kappa shape index (κ2) is 4.25. The fraction of sp³-hybridized carbons (Fsp3) is 0.0769. The Labute approximate surface area is 97.1 Å². The standard InChI is InChI=1S/C13H10O4/c1-8-7-10(9-5-3-2-4-6-9)17-13(16)11(8)12(14)15/h2-7H,1H3,(H,14,15). The summed E-state index contributed by atoms with van der Waals surface area (Å²) in [6.45, 7) is 1.58. The Bertz CT molecular complexity index is 611. The number of hydrogen-bond donors (Lipinski definition) is 1. The molecule has 0 aliphatic heterocycles. The van der Waals surface area contributed by atoms with Crippen molar-refractivity contribution in [3.8, 4) is 11.3 Å². The monoisotopic (exact) mass is 230 g/mol. The van der Waals surface area contributed by atoms with Crippen LogP contribution in [0.3, 0.4) is 0 Å². The summed E-state index contributed by atoms with van der Waals surface area (Å²) in [6, 6.07) is 10.6. The molecule has 1 aromatic heterocycles. The van der Waals surface area contributed by atoms with Crippen molar-refractivity contribution in [3.63, 3.8) is 0 Å². The molecule has 1 aromatic carbocycles. The Balaban J connectivity index is 2.62. The van der Waals surface area contributed by atoms with Gasteiger partial charge in [-0.25, -0.2) is 9.59 Å². The minimum Gasteiger partial charge on any atom is -0.477 e. The molecule has 1 N–H and O–H groups in total. The number of aromatic carboxylic acids is 1. The molecule has 0 aliphatic rings. The van der Waals surface area contributed by atoms with Crippen molar-refractivity contribution >= 4 is 5.97 Å². The van der Waals surface area contributed by atoms with Crippen molar-refractivity contribution in [1.29, 1.82) is 0 Å². The summed E-state index contributed by atoms with van der Waals surface area (Å²) in [5.74, 6) is -0.894. The number of aryl methyl sites for hydroxylation is 1. The van der Waals surface area contributed by atoms with E-state index in [1.165, 1.54) is 0 Å². The molecular weight excluding hydrogens is 220 g/mol. The van der Waals surface area contributed by atoms with Crippen molar-refractivity contribution in [2.45, 2.75) is 6.92 Å². The minimum atomic E-state index is -1.27. The third kappa shape index (κ3) is 2.10. The summed E-state index contributed by atoms with van der Waals surface area (Å²) in [7, 11) is 0. The van der Waals surface area contributed by atoms with E-state index in [1.807, 2.05) is 18.2 Å². The fourth-order valence-electron chi connectivity index (χ4n) is 1.61. The van der Waals surface area contributed by atoms with Crippen molar-refractivity contribution in [1.82, 2.24) is 0 Å². The molecule has 2 aromatic rings. The molecule has 0 aliphatic carbocycles. The molecule has 0 bridgehead atoms. The van der Waals surface area contributed by atoms with E-state index in [0.717, 1.165) is 5.56 Å². The van der Waals surface area contributed by atoms with Crippen LogP contribution in [0.5, 0.6) is 0 Å². The molecule has 0 amide bonds. The fourth-order valence-corrected chi connectivity index (χ4v) is 1.61. The van der Waals surface area contributed by atoms with E-state index in [2.05, 4.69) is 0 Å². The quantitative estimate of drug-likeness (QED) is 0.859. The smallest absolute Gasteiger partial charge is 0.351 e. The third-order valence-corrected chi connectivity index (χ3v) is 2.42. The van der Waals surface area contributed by atoms with Crippen LogP contribution in [0.1, 0.15) is 15.9 Å². The van der Waals surface area contributed by atoms with Gasteiger partial charge in [0.25, 0.3) is 0 Å². The lowest BCUT2D eigenvalue weighted by Gasteiger charge is -2.03.